The Kier molecular flexibility index (Phi) is 14.9. The highest BCUT2D eigenvalue weighted by molar-refractivity contribution is 6.03. The van der Waals surface area contributed by atoms with Crippen molar-refractivity contribution in [2.24, 2.45) is 0 Å². The molecule has 0 atom stereocenters. The van der Waals surface area contributed by atoms with E-state index in [1.165, 1.54) is 100 Å². The van der Waals surface area contributed by atoms with E-state index in [9.17, 15) is 9.59 Å². The number of likely N-dealkylation sites (tertiary alicyclic amines) is 1. The first-order chi connectivity index (χ1) is 14.1. The second-order valence-electron chi connectivity index (χ2n) is 8.95. The summed E-state index contributed by atoms with van der Waals surface area (Å²) in [5.74, 6) is 0.0296. The largest absolute Gasteiger partial charge is 0.274 e. The standard InChI is InChI=1S/C26H47NO2/c1-4-6-8-10-11-12-13-14-16-17-19-23(3)24(20-18-15-9-7-5-2)27-25(28)21-22-26(27)29/h4-22H2,1-3H3/b24-23-. The fourth-order valence-corrected chi connectivity index (χ4v) is 4.31. The molecule has 1 aliphatic rings. The van der Waals surface area contributed by atoms with Crippen molar-refractivity contribution in [1.29, 1.82) is 0 Å². The van der Waals surface area contributed by atoms with Gasteiger partial charge in [-0.05, 0) is 32.6 Å². The summed E-state index contributed by atoms with van der Waals surface area (Å²) in [5.41, 5.74) is 2.30. The molecule has 0 aromatic rings. The molecule has 0 spiro atoms. The number of unbranched alkanes of at least 4 members (excludes halogenated alkanes) is 13. The number of carbonyl (C=O) groups excluding carboxylic acids is 2. The average Bonchev–Trinajstić information content (AvgIpc) is 3.04. The number of hydrogen-bond acceptors (Lipinski definition) is 2. The quantitative estimate of drug-likeness (QED) is 0.171. The molecule has 0 unspecified atom stereocenters. The Hall–Kier alpha value is -1.12. The van der Waals surface area contributed by atoms with Crippen LogP contribution in [0.2, 0.25) is 0 Å². The highest BCUT2D eigenvalue weighted by Crippen LogP contribution is 2.27. The highest BCUT2D eigenvalue weighted by atomic mass is 16.2. The molecule has 3 nitrogen and oxygen atoms in total. The Morgan fingerprint density at radius 2 is 1.00 bits per heavy atom. The maximum atomic E-state index is 12.3. The van der Waals surface area contributed by atoms with Gasteiger partial charge in [-0.3, -0.25) is 14.5 Å². The first-order valence-electron chi connectivity index (χ1n) is 12.7. The van der Waals surface area contributed by atoms with Crippen molar-refractivity contribution < 1.29 is 9.59 Å². The van der Waals surface area contributed by atoms with Crippen molar-refractivity contribution in [3.8, 4) is 0 Å². The smallest absolute Gasteiger partial charge is 0.234 e. The Bertz CT molecular complexity index is 479. The molecule has 1 rings (SSSR count). The molecular formula is C26H47NO2. The zero-order chi connectivity index (χ0) is 21.3. The highest BCUT2D eigenvalue weighted by Gasteiger charge is 2.32. The van der Waals surface area contributed by atoms with E-state index in [0.29, 0.717) is 12.8 Å². The third-order valence-corrected chi connectivity index (χ3v) is 6.24. The topological polar surface area (TPSA) is 37.4 Å². The monoisotopic (exact) mass is 405 g/mol. The van der Waals surface area contributed by atoms with Crippen molar-refractivity contribution >= 4 is 11.8 Å². The maximum Gasteiger partial charge on any atom is 0.234 e. The summed E-state index contributed by atoms with van der Waals surface area (Å²) < 4.78 is 0. The molecule has 0 N–H and O–H groups in total. The average molecular weight is 406 g/mol. The van der Waals surface area contributed by atoms with Gasteiger partial charge >= 0.3 is 0 Å². The lowest BCUT2D eigenvalue weighted by molar-refractivity contribution is -0.136. The fourth-order valence-electron chi connectivity index (χ4n) is 4.31. The molecule has 3 heteroatoms. The maximum absolute atomic E-state index is 12.3. The van der Waals surface area contributed by atoms with Crippen molar-refractivity contribution in [3.63, 3.8) is 0 Å². The van der Waals surface area contributed by atoms with Gasteiger partial charge in [0.1, 0.15) is 0 Å². The minimum atomic E-state index is 0.0148. The lowest BCUT2D eigenvalue weighted by Crippen LogP contribution is -2.29. The van der Waals surface area contributed by atoms with Crippen LogP contribution in [0.25, 0.3) is 0 Å². The van der Waals surface area contributed by atoms with Crippen molar-refractivity contribution in [2.75, 3.05) is 0 Å². The van der Waals surface area contributed by atoms with E-state index < -0.39 is 0 Å². The van der Waals surface area contributed by atoms with Crippen LogP contribution in [0.3, 0.4) is 0 Å². The lowest BCUT2D eigenvalue weighted by Gasteiger charge is -2.21. The minimum Gasteiger partial charge on any atom is -0.274 e. The number of allylic oxidation sites excluding steroid dienone is 2. The van der Waals surface area contributed by atoms with E-state index in [1.54, 1.807) is 0 Å². The summed E-state index contributed by atoms with van der Waals surface area (Å²) in [6.07, 6.45) is 22.1. The fraction of sp³-hybridized carbons (Fsp3) is 0.846. The molecule has 0 aromatic carbocycles. The number of rotatable bonds is 18. The van der Waals surface area contributed by atoms with E-state index in [4.69, 9.17) is 0 Å². The van der Waals surface area contributed by atoms with Crippen LogP contribution in [0, 0.1) is 0 Å². The summed E-state index contributed by atoms with van der Waals surface area (Å²) >= 11 is 0. The Balaban J connectivity index is 2.38. The molecule has 2 amide bonds. The van der Waals surface area contributed by atoms with Gasteiger partial charge in [0.25, 0.3) is 0 Å². The third-order valence-electron chi connectivity index (χ3n) is 6.24. The Labute approximate surface area is 180 Å². The van der Waals surface area contributed by atoms with E-state index in [2.05, 4.69) is 20.8 Å². The van der Waals surface area contributed by atoms with Gasteiger partial charge in [-0.2, -0.15) is 0 Å². The number of nitrogens with zero attached hydrogens (tertiary/aromatic N) is 1. The molecule has 1 fully saturated rings. The van der Waals surface area contributed by atoms with Gasteiger partial charge in [0.2, 0.25) is 11.8 Å². The van der Waals surface area contributed by atoms with Crippen molar-refractivity contribution in [2.45, 2.75) is 143 Å². The van der Waals surface area contributed by atoms with E-state index in [-0.39, 0.29) is 11.8 Å². The SMILES string of the molecule is CCCCCCCCCCCC/C(C)=C(/CCCCCCC)N1C(=O)CCC1=O. The van der Waals surface area contributed by atoms with E-state index >= 15 is 0 Å². The molecule has 1 saturated heterocycles. The van der Waals surface area contributed by atoms with Gasteiger partial charge in [0.15, 0.2) is 0 Å². The van der Waals surface area contributed by atoms with Crippen LogP contribution in [-0.4, -0.2) is 16.7 Å². The molecule has 0 radical (unpaired) electrons. The number of carbonyl (C=O) groups is 2. The van der Waals surface area contributed by atoms with Crippen molar-refractivity contribution in [1.82, 2.24) is 4.90 Å². The van der Waals surface area contributed by atoms with Gasteiger partial charge in [-0.15, -0.1) is 0 Å². The molecular weight excluding hydrogens is 358 g/mol. The van der Waals surface area contributed by atoms with Gasteiger partial charge in [-0.1, -0.05) is 103 Å². The predicted octanol–water partition coefficient (Wildman–Crippen LogP) is 8.08. The Morgan fingerprint density at radius 1 is 0.621 bits per heavy atom. The third kappa shape index (κ3) is 11.0. The second kappa shape index (κ2) is 16.7. The molecule has 0 aliphatic carbocycles. The molecule has 1 heterocycles. The van der Waals surface area contributed by atoms with Crippen LogP contribution in [0.5, 0.6) is 0 Å². The van der Waals surface area contributed by atoms with E-state index in [1.807, 2.05) is 0 Å². The first kappa shape index (κ1) is 25.9. The predicted molar refractivity (Wildman–Crippen MR) is 124 cm³/mol. The lowest BCUT2D eigenvalue weighted by atomic mass is 10.0. The number of hydrogen-bond donors (Lipinski definition) is 0. The molecule has 0 saturated carbocycles. The van der Waals surface area contributed by atoms with Crippen LogP contribution in [0.4, 0.5) is 0 Å². The summed E-state index contributed by atoms with van der Waals surface area (Å²) in [4.78, 5) is 26.1. The van der Waals surface area contributed by atoms with Crippen molar-refractivity contribution in [3.05, 3.63) is 11.3 Å². The summed E-state index contributed by atoms with van der Waals surface area (Å²) in [5, 5.41) is 0. The van der Waals surface area contributed by atoms with Crippen LogP contribution >= 0.6 is 0 Å². The van der Waals surface area contributed by atoms with Gasteiger partial charge < -0.3 is 0 Å². The molecule has 0 bridgehead atoms. The van der Waals surface area contributed by atoms with Crippen LogP contribution < -0.4 is 0 Å². The van der Waals surface area contributed by atoms with E-state index in [0.717, 1.165) is 25.0 Å². The van der Waals surface area contributed by atoms with Crippen LogP contribution in [0.15, 0.2) is 11.3 Å². The first-order valence-corrected chi connectivity index (χ1v) is 12.7. The molecule has 168 valence electrons. The summed E-state index contributed by atoms with van der Waals surface area (Å²) in [7, 11) is 0. The van der Waals surface area contributed by atoms with Gasteiger partial charge in [-0.25, -0.2) is 0 Å². The zero-order valence-corrected chi connectivity index (χ0v) is 19.7. The van der Waals surface area contributed by atoms with Crippen LogP contribution in [0.1, 0.15) is 143 Å². The molecule has 29 heavy (non-hydrogen) atoms. The minimum absolute atomic E-state index is 0.0148. The number of imide groups is 1. The van der Waals surface area contributed by atoms with Gasteiger partial charge in [0.05, 0.1) is 0 Å². The summed E-state index contributed by atoms with van der Waals surface area (Å²) in [6.45, 7) is 6.64. The summed E-state index contributed by atoms with van der Waals surface area (Å²) in [6, 6.07) is 0. The second-order valence-corrected chi connectivity index (χ2v) is 8.95. The number of amides is 2. The zero-order valence-electron chi connectivity index (χ0n) is 19.7. The molecule has 0 aromatic heterocycles. The molecule has 1 aliphatic heterocycles. The van der Waals surface area contributed by atoms with Crippen LogP contribution in [-0.2, 0) is 9.59 Å². The van der Waals surface area contributed by atoms with Gasteiger partial charge in [0, 0.05) is 18.5 Å². The Morgan fingerprint density at radius 3 is 1.45 bits per heavy atom. The normalized spacial score (nSPS) is 15.3.